The van der Waals surface area contributed by atoms with Crippen LogP contribution in [0.1, 0.15) is 23.8 Å². The normalized spacial score (nSPS) is 17.9. The maximum absolute atomic E-state index is 12.3. The van der Waals surface area contributed by atoms with Crippen LogP contribution >= 0.6 is 22.9 Å². The predicted molar refractivity (Wildman–Crippen MR) is 97.7 cm³/mol. The SMILES string of the molecule is C[C@H](Cc1cccs1)NC(=O)[C@H]1CC(Cc2cccc(Cl)c2)=NO1. The second-order valence-corrected chi connectivity index (χ2v) is 7.42. The lowest BCUT2D eigenvalue weighted by atomic mass is 10.0. The molecular weight excluding hydrogens is 344 g/mol. The first kappa shape index (κ1) is 17.0. The fourth-order valence-corrected chi connectivity index (χ4v) is 3.72. The lowest BCUT2D eigenvalue weighted by molar-refractivity contribution is -0.131. The third kappa shape index (κ3) is 4.58. The number of hydrogen-bond donors (Lipinski definition) is 1. The molecule has 0 unspecified atom stereocenters. The number of rotatable bonds is 6. The van der Waals surface area contributed by atoms with Gasteiger partial charge in [0.05, 0.1) is 5.71 Å². The molecule has 2 heterocycles. The van der Waals surface area contributed by atoms with Gasteiger partial charge in [0.25, 0.3) is 5.91 Å². The van der Waals surface area contributed by atoms with Crippen LogP contribution in [-0.2, 0) is 22.5 Å². The number of benzene rings is 1. The van der Waals surface area contributed by atoms with Gasteiger partial charge in [-0.05, 0) is 36.1 Å². The minimum absolute atomic E-state index is 0.0664. The molecule has 3 rings (SSSR count). The van der Waals surface area contributed by atoms with E-state index in [9.17, 15) is 4.79 Å². The summed E-state index contributed by atoms with van der Waals surface area (Å²) in [7, 11) is 0. The number of halogens is 1. The Morgan fingerprint density at radius 1 is 1.46 bits per heavy atom. The van der Waals surface area contributed by atoms with E-state index in [0.717, 1.165) is 17.7 Å². The average Bonchev–Trinajstić information content (AvgIpc) is 3.19. The predicted octanol–water partition coefficient (Wildman–Crippen LogP) is 3.84. The Morgan fingerprint density at radius 3 is 3.08 bits per heavy atom. The van der Waals surface area contributed by atoms with Crippen molar-refractivity contribution in [3.63, 3.8) is 0 Å². The van der Waals surface area contributed by atoms with Crippen LogP contribution in [0.2, 0.25) is 5.02 Å². The fraction of sp³-hybridized carbons (Fsp3) is 0.333. The highest BCUT2D eigenvalue weighted by atomic mass is 35.5. The van der Waals surface area contributed by atoms with Crippen molar-refractivity contribution < 1.29 is 9.63 Å². The zero-order chi connectivity index (χ0) is 16.9. The Morgan fingerprint density at radius 2 is 2.33 bits per heavy atom. The number of hydrogen-bond acceptors (Lipinski definition) is 4. The van der Waals surface area contributed by atoms with E-state index >= 15 is 0 Å². The van der Waals surface area contributed by atoms with Crippen LogP contribution in [0, 0.1) is 0 Å². The number of oxime groups is 1. The van der Waals surface area contributed by atoms with Crippen molar-refractivity contribution in [2.75, 3.05) is 0 Å². The first-order valence-electron chi connectivity index (χ1n) is 7.89. The summed E-state index contributed by atoms with van der Waals surface area (Å²) in [6, 6.07) is 11.8. The Bertz CT molecular complexity index is 730. The molecule has 24 heavy (non-hydrogen) atoms. The minimum atomic E-state index is -0.537. The van der Waals surface area contributed by atoms with E-state index in [1.54, 1.807) is 11.3 Å². The lowest BCUT2D eigenvalue weighted by Crippen LogP contribution is -2.41. The Kier molecular flexibility index (Phi) is 5.53. The second-order valence-electron chi connectivity index (χ2n) is 5.96. The molecule has 1 aliphatic heterocycles. The van der Waals surface area contributed by atoms with Gasteiger partial charge in [0.1, 0.15) is 0 Å². The maximum Gasteiger partial charge on any atom is 0.264 e. The van der Waals surface area contributed by atoms with Gasteiger partial charge in [0.15, 0.2) is 0 Å². The third-order valence-corrected chi connectivity index (χ3v) is 4.93. The van der Waals surface area contributed by atoms with Gasteiger partial charge < -0.3 is 10.2 Å². The zero-order valence-corrected chi connectivity index (χ0v) is 14.9. The van der Waals surface area contributed by atoms with Crippen molar-refractivity contribution in [1.82, 2.24) is 5.32 Å². The first-order chi connectivity index (χ1) is 11.6. The molecule has 0 saturated heterocycles. The molecule has 6 heteroatoms. The smallest absolute Gasteiger partial charge is 0.264 e. The van der Waals surface area contributed by atoms with Crippen LogP contribution in [0.15, 0.2) is 46.9 Å². The Hall–Kier alpha value is -1.85. The highest BCUT2D eigenvalue weighted by Crippen LogP contribution is 2.18. The van der Waals surface area contributed by atoms with E-state index in [-0.39, 0.29) is 11.9 Å². The number of carbonyl (C=O) groups excluding carboxylic acids is 1. The summed E-state index contributed by atoms with van der Waals surface area (Å²) in [6.45, 7) is 2.00. The van der Waals surface area contributed by atoms with Crippen LogP contribution in [0.25, 0.3) is 0 Å². The van der Waals surface area contributed by atoms with Gasteiger partial charge >= 0.3 is 0 Å². The molecule has 0 spiro atoms. The number of amides is 1. The number of thiophene rings is 1. The molecule has 2 aromatic rings. The highest BCUT2D eigenvalue weighted by Gasteiger charge is 2.28. The number of carbonyl (C=O) groups is 1. The van der Waals surface area contributed by atoms with Gasteiger partial charge in [-0.2, -0.15) is 0 Å². The molecule has 2 atom stereocenters. The fourth-order valence-electron chi connectivity index (χ4n) is 2.67. The minimum Gasteiger partial charge on any atom is -0.382 e. The van der Waals surface area contributed by atoms with Gasteiger partial charge in [0, 0.05) is 35.2 Å². The van der Waals surface area contributed by atoms with E-state index in [4.69, 9.17) is 16.4 Å². The van der Waals surface area contributed by atoms with E-state index in [1.807, 2.05) is 42.6 Å². The molecule has 0 aliphatic carbocycles. The molecule has 0 fully saturated rings. The zero-order valence-electron chi connectivity index (χ0n) is 13.4. The lowest BCUT2D eigenvalue weighted by Gasteiger charge is -2.15. The van der Waals surface area contributed by atoms with Crippen molar-refractivity contribution in [1.29, 1.82) is 0 Å². The summed E-state index contributed by atoms with van der Waals surface area (Å²) >= 11 is 7.69. The molecule has 126 valence electrons. The summed E-state index contributed by atoms with van der Waals surface area (Å²) in [5.74, 6) is -0.107. The van der Waals surface area contributed by atoms with Crippen molar-refractivity contribution >= 4 is 34.6 Å². The van der Waals surface area contributed by atoms with Crippen molar-refractivity contribution in [2.24, 2.45) is 5.16 Å². The van der Waals surface area contributed by atoms with Crippen LogP contribution in [0.5, 0.6) is 0 Å². The van der Waals surface area contributed by atoms with Gasteiger partial charge in [-0.3, -0.25) is 4.79 Å². The molecule has 0 radical (unpaired) electrons. The van der Waals surface area contributed by atoms with Crippen molar-refractivity contribution in [3.8, 4) is 0 Å². The molecule has 1 N–H and O–H groups in total. The molecule has 0 bridgehead atoms. The Balaban J connectivity index is 1.48. The first-order valence-corrected chi connectivity index (χ1v) is 9.14. The topological polar surface area (TPSA) is 50.7 Å². The van der Waals surface area contributed by atoms with E-state index < -0.39 is 6.10 Å². The molecule has 1 aromatic heterocycles. The summed E-state index contributed by atoms with van der Waals surface area (Å²) in [5.41, 5.74) is 1.93. The van der Waals surface area contributed by atoms with Crippen molar-refractivity contribution in [2.45, 2.75) is 38.3 Å². The molecule has 1 amide bonds. The van der Waals surface area contributed by atoms with Crippen molar-refractivity contribution in [3.05, 3.63) is 57.2 Å². The van der Waals surface area contributed by atoms with Gasteiger partial charge in [-0.1, -0.05) is 35.0 Å². The third-order valence-electron chi connectivity index (χ3n) is 3.80. The van der Waals surface area contributed by atoms with E-state index in [2.05, 4.69) is 16.5 Å². The largest absolute Gasteiger partial charge is 0.382 e. The standard InChI is InChI=1S/C18H19ClN2O2S/c1-12(8-16-6-3-7-24-16)20-18(22)17-11-15(21-23-17)10-13-4-2-5-14(19)9-13/h2-7,9,12,17H,8,10-11H2,1H3,(H,20,22)/t12-,17-/m1/s1. The molecule has 4 nitrogen and oxygen atoms in total. The summed E-state index contributed by atoms with van der Waals surface area (Å²) < 4.78 is 0. The summed E-state index contributed by atoms with van der Waals surface area (Å²) in [6.07, 6.45) is 1.45. The Labute approximate surface area is 150 Å². The summed E-state index contributed by atoms with van der Waals surface area (Å²) in [5, 5.41) is 9.80. The van der Waals surface area contributed by atoms with Gasteiger partial charge in [-0.15, -0.1) is 11.3 Å². The molecule has 0 saturated carbocycles. The number of nitrogens with zero attached hydrogens (tertiary/aromatic N) is 1. The molecule has 1 aliphatic rings. The highest BCUT2D eigenvalue weighted by molar-refractivity contribution is 7.09. The monoisotopic (exact) mass is 362 g/mol. The maximum atomic E-state index is 12.3. The summed E-state index contributed by atoms with van der Waals surface area (Å²) in [4.78, 5) is 18.9. The quantitative estimate of drug-likeness (QED) is 0.848. The van der Waals surface area contributed by atoms with Gasteiger partial charge in [-0.25, -0.2) is 0 Å². The second kappa shape index (κ2) is 7.81. The van der Waals surface area contributed by atoms with Gasteiger partial charge in [0.2, 0.25) is 6.10 Å². The van der Waals surface area contributed by atoms with Crippen LogP contribution < -0.4 is 5.32 Å². The van der Waals surface area contributed by atoms with Crippen LogP contribution in [-0.4, -0.2) is 23.8 Å². The van der Waals surface area contributed by atoms with E-state index in [0.29, 0.717) is 17.9 Å². The van der Waals surface area contributed by atoms with Crippen LogP contribution in [0.3, 0.4) is 0 Å². The average molecular weight is 363 g/mol. The molecular formula is C18H19ClN2O2S. The van der Waals surface area contributed by atoms with Crippen LogP contribution in [0.4, 0.5) is 0 Å². The number of nitrogens with one attached hydrogen (secondary N) is 1. The van der Waals surface area contributed by atoms with E-state index in [1.165, 1.54) is 4.88 Å². The molecule has 1 aromatic carbocycles.